The molecule has 162 valence electrons. The monoisotopic (exact) mass is 419 g/mol. The molecule has 6 nitrogen and oxygen atoms in total. The largest absolute Gasteiger partial charge is 0.325 e. The zero-order chi connectivity index (χ0) is 22.0. The van der Waals surface area contributed by atoms with E-state index in [0.717, 1.165) is 41.0 Å². The smallest absolute Gasteiger partial charge is 0.323 e. The van der Waals surface area contributed by atoms with Gasteiger partial charge in [-0.05, 0) is 48.9 Å². The molecule has 1 spiro atoms. The standard InChI is InChI=1S/C25H29N3O3/c1-18-9-8-13-21(15-18)27(16-20-11-4-3-5-12-20)22(29)17-28-23(30)25(26-24(28)31)14-7-6-10-19(25)2/h3-5,8-9,11-13,15,19H,6-7,10,14,16-17H2,1-2H3,(H,26,31)/t19-,25-/m0/s1. The number of amides is 4. The van der Waals surface area contributed by atoms with Gasteiger partial charge in [0.25, 0.3) is 5.91 Å². The highest BCUT2D eigenvalue weighted by molar-refractivity contribution is 6.10. The molecular formula is C25H29N3O3. The van der Waals surface area contributed by atoms with Crippen molar-refractivity contribution in [1.29, 1.82) is 0 Å². The summed E-state index contributed by atoms with van der Waals surface area (Å²) in [5.41, 5.74) is 1.91. The van der Waals surface area contributed by atoms with E-state index in [4.69, 9.17) is 0 Å². The van der Waals surface area contributed by atoms with Crippen LogP contribution in [0, 0.1) is 12.8 Å². The predicted molar refractivity (Wildman–Crippen MR) is 119 cm³/mol. The van der Waals surface area contributed by atoms with E-state index in [0.29, 0.717) is 13.0 Å². The highest BCUT2D eigenvalue weighted by atomic mass is 16.2. The Morgan fingerprint density at radius 3 is 2.61 bits per heavy atom. The first kappa shape index (κ1) is 21.1. The molecule has 2 aromatic carbocycles. The zero-order valence-electron chi connectivity index (χ0n) is 18.1. The van der Waals surface area contributed by atoms with E-state index < -0.39 is 11.6 Å². The fourth-order valence-electron chi connectivity index (χ4n) is 4.74. The Labute approximate surface area is 183 Å². The van der Waals surface area contributed by atoms with Gasteiger partial charge < -0.3 is 10.2 Å². The van der Waals surface area contributed by atoms with Crippen molar-refractivity contribution < 1.29 is 14.4 Å². The van der Waals surface area contributed by atoms with Crippen LogP contribution >= 0.6 is 0 Å². The van der Waals surface area contributed by atoms with Crippen LogP contribution in [0.3, 0.4) is 0 Å². The van der Waals surface area contributed by atoms with Crippen molar-refractivity contribution in [3.8, 4) is 0 Å². The fraction of sp³-hybridized carbons (Fsp3) is 0.400. The highest BCUT2D eigenvalue weighted by Gasteiger charge is 2.55. The second-order valence-corrected chi connectivity index (χ2v) is 8.74. The molecule has 1 N–H and O–H groups in total. The maximum Gasteiger partial charge on any atom is 0.325 e. The van der Waals surface area contributed by atoms with E-state index in [1.54, 1.807) is 4.90 Å². The zero-order valence-corrected chi connectivity index (χ0v) is 18.1. The molecule has 0 bridgehead atoms. The molecule has 2 aliphatic rings. The first-order chi connectivity index (χ1) is 14.9. The molecule has 0 unspecified atom stereocenters. The summed E-state index contributed by atoms with van der Waals surface area (Å²) in [6.07, 6.45) is 3.50. The summed E-state index contributed by atoms with van der Waals surface area (Å²) in [7, 11) is 0. The third-order valence-electron chi connectivity index (χ3n) is 6.59. The molecule has 1 heterocycles. The lowest BCUT2D eigenvalue weighted by atomic mass is 9.73. The van der Waals surface area contributed by atoms with Gasteiger partial charge in [-0.25, -0.2) is 4.79 Å². The summed E-state index contributed by atoms with van der Waals surface area (Å²) in [5, 5.41) is 2.93. The predicted octanol–water partition coefficient (Wildman–Crippen LogP) is 4.03. The number of imide groups is 1. The van der Waals surface area contributed by atoms with Gasteiger partial charge >= 0.3 is 6.03 Å². The van der Waals surface area contributed by atoms with E-state index in [1.165, 1.54) is 0 Å². The number of rotatable bonds is 5. The normalized spacial score (nSPS) is 23.2. The second kappa shape index (κ2) is 8.53. The molecule has 0 radical (unpaired) electrons. The average molecular weight is 420 g/mol. The van der Waals surface area contributed by atoms with Gasteiger partial charge in [0.15, 0.2) is 0 Å². The lowest BCUT2D eigenvalue weighted by Crippen LogP contribution is -2.54. The van der Waals surface area contributed by atoms with Gasteiger partial charge in [0.2, 0.25) is 5.91 Å². The lowest BCUT2D eigenvalue weighted by molar-refractivity contribution is -0.136. The van der Waals surface area contributed by atoms with Gasteiger partial charge in [0, 0.05) is 5.69 Å². The minimum atomic E-state index is -0.858. The van der Waals surface area contributed by atoms with Crippen molar-refractivity contribution in [1.82, 2.24) is 10.2 Å². The summed E-state index contributed by atoms with van der Waals surface area (Å²) < 4.78 is 0. The molecule has 31 heavy (non-hydrogen) atoms. The quantitative estimate of drug-likeness (QED) is 0.744. The summed E-state index contributed by atoms with van der Waals surface area (Å²) in [6, 6.07) is 17.0. The van der Waals surface area contributed by atoms with Crippen molar-refractivity contribution in [2.24, 2.45) is 5.92 Å². The van der Waals surface area contributed by atoms with Gasteiger partial charge in [-0.3, -0.25) is 14.5 Å². The summed E-state index contributed by atoms with van der Waals surface area (Å²) in [5.74, 6) is -0.476. The maximum atomic E-state index is 13.4. The molecule has 1 aliphatic heterocycles. The molecule has 0 aromatic heterocycles. The van der Waals surface area contributed by atoms with Crippen LogP contribution in [-0.4, -0.2) is 34.8 Å². The molecule has 2 fully saturated rings. The second-order valence-electron chi connectivity index (χ2n) is 8.74. The SMILES string of the molecule is Cc1cccc(N(Cc2ccccc2)C(=O)CN2C(=O)N[C@]3(CCCC[C@@H]3C)C2=O)c1. The summed E-state index contributed by atoms with van der Waals surface area (Å²) >= 11 is 0. The van der Waals surface area contributed by atoms with Crippen molar-refractivity contribution in [3.63, 3.8) is 0 Å². The Balaban J connectivity index is 1.58. The molecule has 2 aromatic rings. The number of nitrogens with one attached hydrogen (secondary N) is 1. The molecular weight excluding hydrogens is 390 g/mol. The minimum Gasteiger partial charge on any atom is -0.323 e. The number of urea groups is 1. The third kappa shape index (κ3) is 4.07. The number of carbonyl (C=O) groups excluding carboxylic acids is 3. The number of nitrogens with zero attached hydrogens (tertiary/aromatic N) is 2. The van der Waals surface area contributed by atoms with Crippen LogP contribution in [0.4, 0.5) is 10.5 Å². The van der Waals surface area contributed by atoms with E-state index in [1.807, 2.05) is 68.4 Å². The van der Waals surface area contributed by atoms with Crippen molar-refractivity contribution in [3.05, 3.63) is 65.7 Å². The molecule has 4 rings (SSSR count). The molecule has 4 amide bonds. The minimum absolute atomic E-state index is 0.0648. The number of carbonyl (C=O) groups is 3. The van der Waals surface area contributed by atoms with Crippen LogP contribution < -0.4 is 10.2 Å². The highest BCUT2D eigenvalue weighted by Crippen LogP contribution is 2.38. The number of hydrogen-bond acceptors (Lipinski definition) is 3. The Hall–Kier alpha value is -3.15. The van der Waals surface area contributed by atoms with Gasteiger partial charge in [-0.1, -0.05) is 62.2 Å². The third-order valence-corrected chi connectivity index (χ3v) is 6.59. The van der Waals surface area contributed by atoms with Gasteiger partial charge in [-0.2, -0.15) is 0 Å². The van der Waals surface area contributed by atoms with Crippen LogP contribution in [0.1, 0.15) is 43.7 Å². The number of hydrogen-bond donors (Lipinski definition) is 1. The Bertz CT molecular complexity index is 991. The molecule has 2 atom stereocenters. The lowest BCUT2D eigenvalue weighted by Gasteiger charge is -2.36. The van der Waals surface area contributed by atoms with E-state index >= 15 is 0 Å². The van der Waals surface area contributed by atoms with E-state index in [9.17, 15) is 14.4 Å². The number of aryl methyl sites for hydroxylation is 1. The average Bonchev–Trinajstić information content (AvgIpc) is 2.99. The Morgan fingerprint density at radius 2 is 1.90 bits per heavy atom. The van der Waals surface area contributed by atoms with E-state index in [2.05, 4.69) is 5.32 Å². The van der Waals surface area contributed by atoms with Gasteiger partial charge in [-0.15, -0.1) is 0 Å². The molecule has 1 saturated carbocycles. The maximum absolute atomic E-state index is 13.4. The first-order valence-electron chi connectivity index (χ1n) is 11.0. The molecule has 1 saturated heterocycles. The Kier molecular flexibility index (Phi) is 5.81. The van der Waals surface area contributed by atoms with Crippen molar-refractivity contribution in [2.75, 3.05) is 11.4 Å². The fourth-order valence-corrected chi connectivity index (χ4v) is 4.74. The topological polar surface area (TPSA) is 69.7 Å². The molecule has 1 aliphatic carbocycles. The van der Waals surface area contributed by atoms with Crippen molar-refractivity contribution >= 4 is 23.5 Å². The number of benzene rings is 2. The summed E-state index contributed by atoms with van der Waals surface area (Å²) in [4.78, 5) is 42.2. The van der Waals surface area contributed by atoms with Gasteiger partial charge in [0.1, 0.15) is 12.1 Å². The van der Waals surface area contributed by atoms with Crippen LogP contribution in [0.25, 0.3) is 0 Å². The van der Waals surface area contributed by atoms with Crippen LogP contribution in [0.15, 0.2) is 54.6 Å². The first-order valence-corrected chi connectivity index (χ1v) is 11.0. The van der Waals surface area contributed by atoms with Gasteiger partial charge in [0.05, 0.1) is 6.54 Å². The molecule has 6 heteroatoms. The number of anilines is 1. The summed E-state index contributed by atoms with van der Waals surface area (Å²) in [6.45, 7) is 4.09. The van der Waals surface area contributed by atoms with Crippen LogP contribution in [0.2, 0.25) is 0 Å². The Morgan fingerprint density at radius 1 is 1.13 bits per heavy atom. The van der Waals surface area contributed by atoms with Crippen LogP contribution in [0.5, 0.6) is 0 Å². The van der Waals surface area contributed by atoms with E-state index in [-0.39, 0.29) is 24.3 Å². The van der Waals surface area contributed by atoms with Crippen molar-refractivity contribution in [2.45, 2.75) is 51.6 Å². The van der Waals surface area contributed by atoms with Crippen LogP contribution in [-0.2, 0) is 16.1 Å².